The second-order valence-corrected chi connectivity index (χ2v) is 12.0. The highest BCUT2D eigenvalue weighted by atomic mass is 16.5. The van der Waals surface area contributed by atoms with Gasteiger partial charge >= 0.3 is 0 Å². The Morgan fingerprint density at radius 2 is 1.15 bits per heavy atom. The molecule has 244 valence electrons. The molecule has 5 aliphatic rings. The minimum Gasteiger partial charge on any atom is -0.378 e. The van der Waals surface area contributed by atoms with Crippen LogP contribution in [0.3, 0.4) is 0 Å². The molecule has 0 atom stereocenters. The number of nitrogens with zero attached hydrogens (tertiary/aromatic N) is 10. The van der Waals surface area contributed by atoms with Gasteiger partial charge in [0.25, 0.3) is 0 Å². The second-order valence-electron chi connectivity index (χ2n) is 12.0. The Labute approximate surface area is 274 Å². The van der Waals surface area contributed by atoms with Gasteiger partial charge in [-0.1, -0.05) is 31.0 Å². The zero-order valence-electron chi connectivity index (χ0n) is 26.6. The standard InChI is InChI=1S/C17H18N6O.C16H22N6O/c18-12-14-20-16(22-8-10-24-11-9-22)15-17(21-14)23(7-6-19-15)13-4-2-1-3-5-13;17-11-13-19-15(21-7-9-23-10-8-21)14-16(20-13)22(6-5-18-14)12-3-1-2-4-12/h1-5,19H,6-11H2;12,18H,1-10H2. The molecule has 8 rings (SSSR count). The number of nitriles is 2. The lowest BCUT2D eigenvalue weighted by atomic mass is 10.1. The van der Waals surface area contributed by atoms with Gasteiger partial charge in [-0.2, -0.15) is 30.5 Å². The number of hydrogen-bond acceptors (Lipinski definition) is 14. The highest BCUT2D eigenvalue weighted by Crippen LogP contribution is 2.40. The fourth-order valence-corrected chi connectivity index (χ4v) is 6.94. The molecule has 1 aromatic carbocycles. The van der Waals surface area contributed by atoms with Crippen molar-refractivity contribution < 1.29 is 9.47 Å². The summed E-state index contributed by atoms with van der Waals surface area (Å²) in [4.78, 5) is 26.9. The van der Waals surface area contributed by atoms with E-state index in [4.69, 9.17) is 9.47 Å². The van der Waals surface area contributed by atoms with Crippen LogP contribution in [0.1, 0.15) is 37.3 Å². The lowest BCUT2D eigenvalue weighted by Crippen LogP contribution is -2.43. The van der Waals surface area contributed by atoms with Gasteiger partial charge < -0.3 is 39.7 Å². The molecular formula is C33H40N12O2. The van der Waals surface area contributed by atoms with E-state index in [0.29, 0.717) is 32.5 Å². The van der Waals surface area contributed by atoms with Crippen LogP contribution in [0.15, 0.2) is 30.3 Å². The smallest absolute Gasteiger partial charge is 0.236 e. The molecule has 4 aliphatic heterocycles. The van der Waals surface area contributed by atoms with Crippen molar-refractivity contribution >= 4 is 40.3 Å². The number of aromatic nitrogens is 4. The van der Waals surface area contributed by atoms with E-state index in [1.54, 1.807) is 0 Å². The summed E-state index contributed by atoms with van der Waals surface area (Å²) in [6.45, 7) is 9.32. The van der Waals surface area contributed by atoms with Crippen LogP contribution in [0.2, 0.25) is 0 Å². The van der Waals surface area contributed by atoms with Crippen LogP contribution in [-0.2, 0) is 9.47 Å². The summed E-state index contributed by atoms with van der Waals surface area (Å²) in [7, 11) is 0. The largest absolute Gasteiger partial charge is 0.378 e. The number of anilines is 7. The van der Waals surface area contributed by atoms with Gasteiger partial charge in [0.15, 0.2) is 23.3 Å². The highest BCUT2D eigenvalue weighted by molar-refractivity contribution is 5.84. The third kappa shape index (κ3) is 6.52. The van der Waals surface area contributed by atoms with Crippen molar-refractivity contribution in [2.75, 3.05) is 109 Å². The van der Waals surface area contributed by atoms with Crippen LogP contribution in [0.25, 0.3) is 0 Å². The highest BCUT2D eigenvalue weighted by Gasteiger charge is 2.32. The number of nitrogens with one attached hydrogen (secondary N) is 2. The fraction of sp³-hybridized carbons (Fsp3) is 0.515. The van der Waals surface area contributed by atoms with Crippen LogP contribution >= 0.6 is 0 Å². The quantitative estimate of drug-likeness (QED) is 0.431. The summed E-state index contributed by atoms with van der Waals surface area (Å²) < 4.78 is 10.9. The van der Waals surface area contributed by atoms with Crippen molar-refractivity contribution in [1.29, 1.82) is 10.5 Å². The number of morpholine rings is 2. The van der Waals surface area contributed by atoms with Gasteiger partial charge in [0, 0.05) is 64.1 Å². The van der Waals surface area contributed by atoms with Crippen molar-refractivity contribution in [3.8, 4) is 12.1 Å². The van der Waals surface area contributed by atoms with E-state index in [2.05, 4.69) is 74.4 Å². The molecule has 0 spiro atoms. The van der Waals surface area contributed by atoms with Crippen LogP contribution in [-0.4, -0.2) is 105 Å². The van der Waals surface area contributed by atoms with Crippen LogP contribution in [0.5, 0.6) is 0 Å². The lowest BCUT2D eigenvalue weighted by Gasteiger charge is -2.38. The van der Waals surface area contributed by atoms with E-state index < -0.39 is 0 Å². The molecule has 2 saturated heterocycles. The summed E-state index contributed by atoms with van der Waals surface area (Å²) in [6, 6.07) is 14.9. The molecule has 0 amide bonds. The molecule has 6 heterocycles. The molecule has 2 aromatic heterocycles. The van der Waals surface area contributed by atoms with Crippen molar-refractivity contribution in [2.24, 2.45) is 0 Å². The summed E-state index contributed by atoms with van der Waals surface area (Å²) >= 11 is 0. The molecule has 1 aliphatic carbocycles. The Morgan fingerprint density at radius 1 is 0.638 bits per heavy atom. The Hall–Kier alpha value is -4.92. The number of benzene rings is 1. The molecule has 1 saturated carbocycles. The SMILES string of the molecule is N#Cc1nc(N2CCOCC2)c2c(n1)N(C1CCCC1)CCN2.N#Cc1nc(N2CCOCC2)c2c(n1)N(c1ccccc1)CCN2. The zero-order valence-corrected chi connectivity index (χ0v) is 26.6. The minimum atomic E-state index is 0.194. The Kier molecular flexibility index (Phi) is 9.31. The zero-order chi connectivity index (χ0) is 32.0. The maximum absolute atomic E-state index is 9.36. The minimum absolute atomic E-state index is 0.194. The summed E-state index contributed by atoms with van der Waals surface area (Å²) in [5, 5.41) is 25.6. The van der Waals surface area contributed by atoms with E-state index in [9.17, 15) is 10.5 Å². The van der Waals surface area contributed by atoms with E-state index in [-0.39, 0.29) is 11.6 Å². The molecule has 14 heteroatoms. The molecule has 0 radical (unpaired) electrons. The molecule has 2 N–H and O–H groups in total. The molecular weight excluding hydrogens is 596 g/mol. The van der Waals surface area contributed by atoms with Crippen molar-refractivity contribution in [3.63, 3.8) is 0 Å². The van der Waals surface area contributed by atoms with Crippen molar-refractivity contribution in [3.05, 3.63) is 42.0 Å². The average molecular weight is 637 g/mol. The van der Waals surface area contributed by atoms with Crippen molar-refractivity contribution in [2.45, 2.75) is 31.7 Å². The Bertz CT molecular complexity index is 1620. The van der Waals surface area contributed by atoms with Crippen molar-refractivity contribution in [1.82, 2.24) is 19.9 Å². The monoisotopic (exact) mass is 636 g/mol. The lowest BCUT2D eigenvalue weighted by molar-refractivity contribution is 0.122. The predicted octanol–water partition coefficient (Wildman–Crippen LogP) is 3.11. The van der Waals surface area contributed by atoms with Crippen LogP contribution < -0.4 is 30.2 Å². The predicted molar refractivity (Wildman–Crippen MR) is 180 cm³/mol. The number of fused-ring (bicyclic) bond motifs is 2. The third-order valence-corrected chi connectivity index (χ3v) is 9.22. The second kappa shape index (κ2) is 14.2. The van der Waals surface area contributed by atoms with Gasteiger partial charge in [0.1, 0.15) is 23.5 Å². The average Bonchev–Trinajstić information content (AvgIpc) is 3.70. The number of ether oxygens (including phenoxy) is 2. The number of rotatable bonds is 4. The fourth-order valence-electron chi connectivity index (χ4n) is 6.94. The number of hydrogen-bond donors (Lipinski definition) is 2. The van der Waals surface area contributed by atoms with E-state index in [1.165, 1.54) is 25.7 Å². The molecule has 3 fully saturated rings. The molecule has 14 nitrogen and oxygen atoms in total. The first kappa shape index (κ1) is 30.7. The molecule has 3 aromatic rings. The van der Waals surface area contributed by atoms with Gasteiger partial charge in [-0.3, -0.25) is 0 Å². The van der Waals surface area contributed by atoms with Gasteiger partial charge in [-0.05, 0) is 25.0 Å². The van der Waals surface area contributed by atoms with E-state index in [0.717, 1.165) is 92.7 Å². The molecule has 47 heavy (non-hydrogen) atoms. The maximum Gasteiger partial charge on any atom is 0.236 e. The van der Waals surface area contributed by atoms with Gasteiger partial charge in [-0.15, -0.1) is 0 Å². The first-order chi connectivity index (χ1) is 23.2. The van der Waals surface area contributed by atoms with Gasteiger partial charge in [0.2, 0.25) is 11.6 Å². The summed E-state index contributed by atoms with van der Waals surface area (Å²) in [5.41, 5.74) is 2.95. The first-order valence-electron chi connectivity index (χ1n) is 16.6. The number of para-hydroxylation sites is 1. The first-order valence-corrected chi connectivity index (χ1v) is 16.6. The third-order valence-electron chi connectivity index (χ3n) is 9.22. The normalized spacial score (nSPS) is 19.3. The summed E-state index contributed by atoms with van der Waals surface area (Å²) in [6.07, 6.45) is 5.02. The van der Waals surface area contributed by atoms with E-state index in [1.807, 2.05) is 18.2 Å². The van der Waals surface area contributed by atoms with E-state index >= 15 is 0 Å². The Balaban J connectivity index is 0.000000150. The topological polar surface area (TPSA) is 155 Å². The van der Waals surface area contributed by atoms with Crippen LogP contribution in [0.4, 0.5) is 40.3 Å². The Morgan fingerprint density at radius 3 is 1.72 bits per heavy atom. The van der Waals surface area contributed by atoms with Crippen LogP contribution in [0, 0.1) is 22.7 Å². The summed E-state index contributed by atoms with van der Waals surface area (Å²) in [5.74, 6) is 3.78. The van der Waals surface area contributed by atoms with Gasteiger partial charge in [0.05, 0.1) is 26.4 Å². The maximum atomic E-state index is 9.36. The molecule has 0 unspecified atom stereocenters. The van der Waals surface area contributed by atoms with Gasteiger partial charge in [-0.25, -0.2) is 0 Å². The molecule has 0 bridgehead atoms.